The van der Waals surface area contributed by atoms with E-state index >= 15 is 0 Å². The molecule has 0 saturated heterocycles. The highest BCUT2D eigenvalue weighted by Crippen LogP contribution is 2.36. The first-order valence-electron chi connectivity index (χ1n) is 12.0. The molecule has 176 valence electrons. The van der Waals surface area contributed by atoms with Gasteiger partial charge in [-0.2, -0.15) is 0 Å². The van der Waals surface area contributed by atoms with E-state index in [0.29, 0.717) is 16.9 Å². The van der Waals surface area contributed by atoms with Crippen LogP contribution in [0.2, 0.25) is 0 Å². The van der Waals surface area contributed by atoms with Gasteiger partial charge in [-0.3, -0.25) is 9.20 Å². The Kier molecular flexibility index (Phi) is 5.62. The molecule has 36 heavy (non-hydrogen) atoms. The number of ether oxygens (including phenoxy) is 1. The average Bonchev–Trinajstić information content (AvgIpc) is 2.91. The van der Waals surface area contributed by atoms with Crippen LogP contribution >= 0.6 is 0 Å². The largest absolute Gasteiger partial charge is 0.456 e. The van der Waals surface area contributed by atoms with Gasteiger partial charge in [0.2, 0.25) is 0 Å². The molecule has 0 spiro atoms. The molecule has 0 bridgehead atoms. The Bertz CT molecular complexity index is 1700. The predicted molar refractivity (Wildman–Crippen MR) is 140 cm³/mol. The normalized spacial score (nSPS) is 14.2. The van der Waals surface area contributed by atoms with E-state index in [0.717, 1.165) is 52.6 Å². The minimum absolute atomic E-state index is 0.0857. The molecule has 0 aliphatic heterocycles. The zero-order chi connectivity index (χ0) is 24.5. The first-order valence-corrected chi connectivity index (χ1v) is 12.0. The van der Waals surface area contributed by atoms with Gasteiger partial charge in [-0.05, 0) is 60.2 Å². The fourth-order valence-electron chi connectivity index (χ4n) is 4.85. The van der Waals surface area contributed by atoms with Crippen LogP contribution in [0.25, 0.3) is 28.2 Å². The number of fused-ring (bicyclic) bond motifs is 3. The molecule has 3 aromatic heterocycles. The summed E-state index contributed by atoms with van der Waals surface area (Å²) in [6.07, 6.45) is 6.39. The molecule has 0 amide bonds. The summed E-state index contributed by atoms with van der Waals surface area (Å²) in [5.74, 6) is -0.430. The van der Waals surface area contributed by atoms with E-state index < -0.39 is 5.97 Å². The van der Waals surface area contributed by atoms with Crippen LogP contribution in [0, 0.1) is 0 Å². The van der Waals surface area contributed by atoms with Gasteiger partial charge < -0.3 is 4.74 Å². The van der Waals surface area contributed by atoms with Gasteiger partial charge in [0.1, 0.15) is 12.3 Å². The van der Waals surface area contributed by atoms with Crippen LogP contribution in [0.15, 0.2) is 89.9 Å². The van der Waals surface area contributed by atoms with Gasteiger partial charge >= 0.3 is 5.97 Å². The predicted octanol–water partition coefficient (Wildman–Crippen LogP) is 5.48. The second kappa shape index (κ2) is 9.23. The van der Waals surface area contributed by atoms with Gasteiger partial charge in [0, 0.05) is 17.6 Å². The fraction of sp³-hybridized carbons (Fsp3) is 0.133. The Hall–Kier alpha value is -4.58. The number of nitrogens with zero attached hydrogens (tertiary/aromatic N) is 3. The zero-order valence-corrected chi connectivity index (χ0v) is 19.6. The standard InChI is InChI=1S/C30H23N3O3/c34-27-18-22(31-26-15-6-7-16-33(26)27)19-36-30(35)28-23-12-4-5-14-25(23)32-29-21(11-8-13-24(28)29)17-20-9-2-1-3-10-20/h1-7,9-10,12,14-18H,8,11,13,19H2/b21-17+. The molecular formula is C30H23N3O3. The summed E-state index contributed by atoms with van der Waals surface area (Å²) in [7, 11) is 0. The first-order chi connectivity index (χ1) is 17.7. The maximum Gasteiger partial charge on any atom is 0.339 e. The summed E-state index contributed by atoms with van der Waals surface area (Å²) < 4.78 is 7.21. The first kappa shape index (κ1) is 21.9. The monoisotopic (exact) mass is 473 g/mol. The molecule has 3 heterocycles. The molecule has 1 aliphatic rings. The van der Waals surface area contributed by atoms with E-state index in [1.54, 1.807) is 18.3 Å². The number of esters is 1. The lowest BCUT2D eigenvalue weighted by Crippen LogP contribution is -2.18. The highest BCUT2D eigenvalue weighted by Gasteiger charge is 2.26. The molecule has 6 heteroatoms. The maximum absolute atomic E-state index is 13.5. The number of hydrogen-bond acceptors (Lipinski definition) is 5. The van der Waals surface area contributed by atoms with Crippen molar-refractivity contribution in [1.29, 1.82) is 0 Å². The van der Waals surface area contributed by atoms with E-state index in [-0.39, 0.29) is 12.2 Å². The number of pyridine rings is 2. The van der Waals surface area contributed by atoms with E-state index in [9.17, 15) is 9.59 Å². The molecule has 0 N–H and O–H groups in total. The molecule has 6 nitrogen and oxygen atoms in total. The number of aromatic nitrogens is 3. The summed E-state index contributed by atoms with van der Waals surface area (Å²) in [5, 5.41) is 0.772. The van der Waals surface area contributed by atoms with E-state index in [4.69, 9.17) is 9.72 Å². The average molecular weight is 474 g/mol. The van der Waals surface area contributed by atoms with Crippen molar-refractivity contribution < 1.29 is 9.53 Å². The Morgan fingerprint density at radius 3 is 2.64 bits per heavy atom. The molecule has 6 rings (SSSR count). The van der Waals surface area contributed by atoms with Gasteiger partial charge in [0.05, 0.1) is 22.5 Å². The lowest BCUT2D eigenvalue weighted by atomic mass is 9.86. The van der Waals surface area contributed by atoms with Crippen LogP contribution < -0.4 is 5.56 Å². The van der Waals surface area contributed by atoms with Gasteiger partial charge in [0.15, 0.2) is 0 Å². The smallest absolute Gasteiger partial charge is 0.339 e. The van der Waals surface area contributed by atoms with Crippen LogP contribution in [-0.2, 0) is 17.8 Å². The zero-order valence-electron chi connectivity index (χ0n) is 19.6. The minimum atomic E-state index is -0.430. The third-order valence-corrected chi connectivity index (χ3v) is 6.49. The van der Waals surface area contributed by atoms with Crippen LogP contribution in [0.5, 0.6) is 0 Å². The molecule has 0 radical (unpaired) electrons. The Morgan fingerprint density at radius 1 is 0.944 bits per heavy atom. The molecule has 0 unspecified atom stereocenters. The number of hydrogen-bond donors (Lipinski definition) is 0. The summed E-state index contributed by atoms with van der Waals surface area (Å²) in [6.45, 7) is -0.0857. The molecular weight excluding hydrogens is 450 g/mol. The highest BCUT2D eigenvalue weighted by atomic mass is 16.5. The second-order valence-electron chi connectivity index (χ2n) is 8.86. The molecule has 1 aliphatic carbocycles. The minimum Gasteiger partial charge on any atom is -0.456 e. The highest BCUT2D eigenvalue weighted by molar-refractivity contribution is 6.06. The molecule has 2 aromatic carbocycles. The van der Waals surface area contributed by atoms with Gasteiger partial charge in [-0.25, -0.2) is 14.8 Å². The number of carbonyl (C=O) groups excluding carboxylic acids is 1. The second-order valence-corrected chi connectivity index (χ2v) is 8.86. The lowest BCUT2D eigenvalue weighted by molar-refractivity contribution is 0.0468. The van der Waals surface area contributed by atoms with Crippen molar-refractivity contribution in [3.8, 4) is 0 Å². The molecule has 5 aromatic rings. The topological polar surface area (TPSA) is 73.6 Å². The maximum atomic E-state index is 13.5. The lowest BCUT2D eigenvalue weighted by Gasteiger charge is -2.22. The third-order valence-electron chi connectivity index (χ3n) is 6.49. The Morgan fingerprint density at radius 2 is 1.75 bits per heavy atom. The summed E-state index contributed by atoms with van der Waals surface area (Å²) in [5.41, 5.74) is 6.01. The van der Waals surface area contributed by atoms with E-state index in [2.05, 4.69) is 23.2 Å². The van der Waals surface area contributed by atoms with Crippen molar-refractivity contribution in [2.75, 3.05) is 0 Å². The number of allylic oxidation sites excluding steroid dienone is 1. The van der Waals surface area contributed by atoms with Crippen molar-refractivity contribution in [2.24, 2.45) is 0 Å². The van der Waals surface area contributed by atoms with Crippen molar-refractivity contribution in [3.05, 3.63) is 123 Å². The van der Waals surface area contributed by atoms with Gasteiger partial charge in [0.25, 0.3) is 5.56 Å². The quantitative estimate of drug-likeness (QED) is 0.323. The van der Waals surface area contributed by atoms with Crippen LogP contribution in [-0.4, -0.2) is 20.3 Å². The molecule has 0 atom stereocenters. The number of carbonyl (C=O) groups is 1. The number of benzene rings is 2. The van der Waals surface area contributed by atoms with Gasteiger partial charge in [-0.1, -0.05) is 54.6 Å². The van der Waals surface area contributed by atoms with Crippen molar-refractivity contribution >= 4 is 34.2 Å². The van der Waals surface area contributed by atoms with E-state index in [1.165, 1.54) is 10.5 Å². The van der Waals surface area contributed by atoms with Crippen molar-refractivity contribution in [1.82, 2.24) is 14.4 Å². The van der Waals surface area contributed by atoms with Crippen LogP contribution in [0.3, 0.4) is 0 Å². The summed E-state index contributed by atoms with van der Waals surface area (Å²) in [4.78, 5) is 35.4. The number of para-hydroxylation sites is 1. The van der Waals surface area contributed by atoms with Gasteiger partial charge in [-0.15, -0.1) is 0 Å². The third kappa shape index (κ3) is 4.07. The number of rotatable bonds is 4. The van der Waals surface area contributed by atoms with Crippen molar-refractivity contribution in [3.63, 3.8) is 0 Å². The van der Waals surface area contributed by atoms with Crippen molar-refractivity contribution in [2.45, 2.75) is 25.9 Å². The fourth-order valence-corrected chi connectivity index (χ4v) is 4.85. The van der Waals surface area contributed by atoms with Crippen LogP contribution in [0.1, 0.15) is 45.7 Å². The SMILES string of the molecule is O=C(OCc1cc(=O)n2ccccc2n1)c1c2c(nc3ccccc13)/C(=C/c1ccccc1)CCC2. The van der Waals surface area contributed by atoms with E-state index in [1.807, 2.05) is 48.5 Å². The van der Waals surface area contributed by atoms with Crippen LogP contribution in [0.4, 0.5) is 0 Å². The summed E-state index contributed by atoms with van der Waals surface area (Å²) >= 11 is 0. The summed E-state index contributed by atoms with van der Waals surface area (Å²) in [6, 6.07) is 24.6. The molecule has 0 fully saturated rings. The Balaban J connectivity index is 1.40. The molecule has 0 saturated carbocycles. The Labute approximate surface area is 207 Å².